The van der Waals surface area contributed by atoms with Crippen molar-refractivity contribution in [3.8, 4) is 17.2 Å². The first-order valence-corrected chi connectivity index (χ1v) is 9.45. The van der Waals surface area contributed by atoms with Gasteiger partial charge in [0.25, 0.3) is 0 Å². The molecule has 0 unspecified atom stereocenters. The van der Waals surface area contributed by atoms with E-state index in [9.17, 15) is 19.2 Å². The van der Waals surface area contributed by atoms with Gasteiger partial charge in [-0.2, -0.15) is 0 Å². The minimum atomic E-state index is -0.667. The number of amides is 1. The first-order chi connectivity index (χ1) is 14.9. The van der Waals surface area contributed by atoms with Crippen LogP contribution in [0.25, 0.3) is 0 Å². The molecule has 3 aromatic carbocycles. The molecule has 31 heavy (non-hydrogen) atoms. The summed E-state index contributed by atoms with van der Waals surface area (Å²) in [4.78, 5) is 50.4. The smallest absolute Gasteiger partial charge is 0.308 e. The van der Waals surface area contributed by atoms with E-state index in [0.717, 1.165) is 0 Å². The number of anilines is 1. The van der Waals surface area contributed by atoms with Crippen molar-refractivity contribution in [3.05, 3.63) is 82.9 Å². The monoisotopic (exact) mass is 415 g/mol. The first kappa shape index (κ1) is 20.0. The molecule has 0 aliphatic heterocycles. The molecular formula is C24H17NO6. The second-order valence-corrected chi connectivity index (χ2v) is 6.89. The zero-order chi connectivity index (χ0) is 22.1. The van der Waals surface area contributed by atoms with Crippen LogP contribution in [0, 0.1) is 0 Å². The standard InChI is InChI=1S/C24H17NO6/c1-13(26)25-22-19(31-15-8-4-3-5-9-15)12-18(30-14(2)27)20-21(22)24(29)17-11-7-6-10-16(17)23(20)28/h3-12H,1-2H3,(H,25,26). The van der Waals surface area contributed by atoms with Crippen LogP contribution < -0.4 is 14.8 Å². The molecule has 3 aromatic rings. The van der Waals surface area contributed by atoms with E-state index in [-0.39, 0.29) is 39.4 Å². The lowest BCUT2D eigenvalue weighted by molar-refractivity contribution is -0.131. The molecule has 0 heterocycles. The Bertz CT molecular complexity index is 1250. The van der Waals surface area contributed by atoms with Crippen LogP contribution in [0.4, 0.5) is 5.69 Å². The van der Waals surface area contributed by atoms with Gasteiger partial charge in [0.15, 0.2) is 17.3 Å². The van der Waals surface area contributed by atoms with Crippen molar-refractivity contribution in [3.63, 3.8) is 0 Å². The number of para-hydroxylation sites is 1. The number of ether oxygens (including phenoxy) is 2. The second-order valence-electron chi connectivity index (χ2n) is 6.89. The average Bonchev–Trinajstić information content (AvgIpc) is 2.73. The number of nitrogens with one attached hydrogen (secondary N) is 1. The van der Waals surface area contributed by atoms with Crippen molar-refractivity contribution in [2.75, 3.05) is 5.32 Å². The zero-order valence-corrected chi connectivity index (χ0v) is 16.7. The van der Waals surface area contributed by atoms with Crippen LogP contribution in [-0.2, 0) is 9.59 Å². The summed E-state index contributed by atoms with van der Waals surface area (Å²) in [5.74, 6) is -1.72. The quantitative estimate of drug-likeness (QED) is 0.397. The molecule has 0 saturated carbocycles. The summed E-state index contributed by atoms with van der Waals surface area (Å²) in [6, 6.07) is 16.4. The van der Waals surface area contributed by atoms with Crippen molar-refractivity contribution in [2.45, 2.75) is 13.8 Å². The van der Waals surface area contributed by atoms with E-state index in [1.54, 1.807) is 42.5 Å². The molecule has 1 amide bonds. The van der Waals surface area contributed by atoms with Crippen LogP contribution in [0.1, 0.15) is 45.7 Å². The zero-order valence-electron chi connectivity index (χ0n) is 16.7. The van der Waals surface area contributed by atoms with Gasteiger partial charge in [-0.1, -0.05) is 42.5 Å². The largest absolute Gasteiger partial charge is 0.455 e. The van der Waals surface area contributed by atoms with Gasteiger partial charge in [0.05, 0.1) is 16.8 Å². The molecule has 1 aliphatic rings. The fourth-order valence-electron chi connectivity index (χ4n) is 3.47. The van der Waals surface area contributed by atoms with Gasteiger partial charge in [-0.25, -0.2) is 0 Å². The van der Waals surface area contributed by atoms with Crippen LogP contribution in [0.2, 0.25) is 0 Å². The van der Waals surface area contributed by atoms with Gasteiger partial charge < -0.3 is 14.8 Å². The van der Waals surface area contributed by atoms with Crippen LogP contribution in [0.15, 0.2) is 60.7 Å². The van der Waals surface area contributed by atoms with Gasteiger partial charge in [-0.15, -0.1) is 0 Å². The summed E-state index contributed by atoms with van der Waals surface area (Å²) in [6.07, 6.45) is 0. The highest BCUT2D eigenvalue weighted by Crippen LogP contribution is 2.44. The maximum absolute atomic E-state index is 13.4. The number of hydrogen-bond donors (Lipinski definition) is 1. The van der Waals surface area contributed by atoms with E-state index >= 15 is 0 Å². The molecule has 0 radical (unpaired) electrons. The van der Waals surface area contributed by atoms with E-state index in [1.165, 1.54) is 32.0 Å². The lowest BCUT2D eigenvalue weighted by atomic mass is 9.82. The number of benzene rings is 3. The van der Waals surface area contributed by atoms with Gasteiger partial charge in [0.1, 0.15) is 11.5 Å². The minimum Gasteiger partial charge on any atom is -0.455 e. The highest BCUT2D eigenvalue weighted by molar-refractivity contribution is 6.32. The van der Waals surface area contributed by atoms with Crippen LogP contribution >= 0.6 is 0 Å². The van der Waals surface area contributed by atoms with E-state index in [4.69, 9.17) is 9.47 Å². The third-order valence-corrected chi connectivity index (χ3v) is 4.65. The maximum Gasteiger partial charge on any atom is 0.308 e. The number of esters is 1. The predicted octanol–water partition coefficient (Wildman–Crippen LogP) is 4.14. The van der Waals surface area contributed by atoms with Crippen molar-refractivity contribution in [2.24, 2.45) is 0 Å². The molecule has 154 valence electrons. The fraction of sp³-hybridized carbons (Fsp3) is 0.0833. The molecule has 0 bridgehead atoms. The van der Waals surface area contributed by atoms with Crippen molar-refractivity contribution in [1.82, 2.24) is 0 Å². The number of ketones is 2. The van der Waals surface area contributed by atoms with Crippen molar-refractivity contribution < 1.29 is 28.7 Å². The molecule has 7 heteroatoms. The van der Waals surface area contributed by atoms with E-state index in [0.29, 0.717) is 5.75 Å². The van der Waals surface area contributed by atoms with Gasteiger partial charge in [0, 0.05) is 31.0 Å². The Hall–Kier alpha value is -4.26. The van der Waals surface area contributed by atoms with Gasteiger partial charge in [-0.3, -0.25) is 19.2 Å². The van der Waals surface area contributed by atoms with E-state index < -0.39 is 23.4 Å². The Morgan fingerprint density at radius 2 is 1.35 bits per heavy atom. The molecule has 0 saturated heterocycles. The molecule has 4 rings (SSSR count). The normalized spacial score (nSPS) is 11.9. The molecule has 0 fully saturated rings. The van der Waals surface area contributed by atoms with Gasteiger partial charge >= 0.3 is 5.97 Å². The third-order valence-electron chi connectivity index (χ3n) is 4.65. The van der Waals surface area contributed by atoms with Crippen LogP contribution in [0.5, 0.6) is 17.2 Å². The number of hydrogen-bond acceptors (Lipinski definition) is 6. The van der Waals surface area contributed by atoms with E-state index in [2.05, 4.69) is 5.32 Å². The lowest BCUT2D eigenvalue weighted by Crippen LogP contribution is -2.25. The van der Waals surface area contributed by atoms with Crippen LogP contribution in [0.3, 0.4) is 0 Å². The second kappa shape index (κ2) is 7.87. The SMILES string of the molecule is CC(=O)Nc1c(Oc2ccccc2)cc(OC(C)=O)c2c1C(=O)c1ccccc1C2=O. The molecule has 7 nitrogen and oxygen atoms in total. The fourth-order valence-corrected chi connectivity index (χ4v) is 3.47. The highest BCUT2D eigenvalue weighted by Gasteiger charge is 2.37. The van der Waals surface area contributed by atoms with E-state index in [1.807, 2.05) is 0 Å². The third kappa shape index (κ3) is 3.69. The summed E-state index contributed by atoms with van der Waals surface area (Å²) in [5.41, 5.74) is 0.248. The Morgan fingerprint density at radius 1 is 0.774 bits per heavy atom. The molecule has 1 N–H and O–H groups in total. The molecular weight excluding hydrogens is 398 g/mol. The summed E-state index contributed by atoms with van der Waals surface area (Å²) in [5, 5.41) is 2.61. The number of rotatable bonds is 4. The Balaban J connectivity index is 2.01. The molecule has 0 spiro atoms. The predicted molar refractivity (Wildman–Crippen MR) is 112 cm³/mol. The number of carbonyl (C=O) groups is 4. The van der Waals surface area contributed by atoms with Crippen LogP contribution in [-0.4, -0.2) is 23.4 Å². The minimum absolute atomic E-state index is 0.0371. The van der Waals surface area contributed by atoms with Gasteiger partial charge in [0.2, 0.25) is 5.91 Å². The average molecular weight is 415 g/mol. The Kier molecular flexibility index (Phi) is 5.09. The summed E-state index contributed by atoms with van der Waals surface area (Å²) in [7, 11) is 0. The topological polar surface area (TPSA) is 98.8 Å². The summed E-state index contributed by atoms with van der Waals surface area (Å²) in [6.45, 7) is 2.47. The number of fused-ring (bicyclic) bond motifs is 2. The Labute approximate surface area is 177 Å². The summed E-state index contributed by atoms with van der Waals surface area (Å²) >= 11 is 0. The Morgan fingerprint density at radius 3 is 1.94 bits per heavy atom. The van der Waals surface area contributed by atoms with Crippen molar-refractivity contribution >= 4 is 29.1 Å². The van der Waals surface area contributed by atoms with Crippen molar-refractivity contribution in [1.29, 1.82) is 0 Å². The van der Waals surface area contributed by atoms with Gasteiger partial charge in [-0.05, 0) is 12.1 Å². The maximum atomic E-state index is 13.4. The molecule has 0 atom stereocenters. The molecule has 1 aliphatic carbocycles. The molecule has 0 aromatic heterocycles. The number of carbonyl (C=O) groups excluding carboxylic acids is 4. The summed E-state index contributed by atoms with van der Waals surface area (Å²) < 4.78 is 11.2. The highest BCUT2D eigenvalue weighted by atomic mass is 16.5. The lowest BCUT2D eigenvalue weighted by Gasteiger charge is -2.24. The first-order valence-electron chi connectivity index (χ1n) is 9.45.